The number of hydrogen-bond donors (Lipinski definition) is 0. The maximum atomic E-state index is 12.1. The third kappa shape index (κ3) is 7.26. The highest BCUT2D eigenvalue weighted by Crippen LogP contribution is 2.27. The Hall–Kier alpha value is -0.230. The molecule has 0 aliphatic rings. The summed E-state index contributed by atoms with van der Waals surface area (Å²) in [7, 11) is 0. The minimum atomic E-state index is -4.11. The Bertz CT molecular complexity index is 351. The van der Waals surface area contributed by atoms with Crippen LogP contribution in [0.4, 0.5) is 13.2 Å². The molecule has 102 valence electrons. The maximum Gasteiger partial charge on any atom is 0.390 e. The van der Waals surface area contributed by atoms with Crippen LogP contribution in [0.1, 0.15) is 19.3 Å². The average Bonchev–Trinajstić information content (AvgIpc) is 2.24. The zero-order valence-electron chi connectivity index (χ0n) is 9.51. The Labute approximate surface area is 121 Å². The molecule has 1 aromatic carbocycles. The van der Waals surface area contributed by atoms with E-state index in [-0.39, 0.29) is 0 Å². The second-order valence-electron chi connectivity index (χ2n) is 3.86. The van der Waals surface area contributed by atoms with E-state index in [2.05, 4.69) is 31.9 Å². The summed E-state index contributed by atoms with van der Waals surface area (Å²) in [5.74, 6) is 0.722. The van der Waals surface area contributed by atoms with Crippen molar-refractivity contribution in [1.29, 1.82) is 0 Å². The van der Waals surface area contributed by atoms with Gasteiger partial charge in [-0.15, -0.1) is 0 Å². The van der Waals surface area contributed by atoms with E-state index in [1.807, 2.05) is 24.3 Å². The number of halogens is 5. The van der Waals surface area contributed by atoms with Gasteiger partial charge < -0.3 is 4.74 Å². The largest absolute Gasteiger partial charge is 0.494 e. The highest BCUT2D eigenvalue weighted by Gasteiger charge is 2.30. The highest BCUT2D eigenvalue weighted by molar-refractivity contribution is 9.10. The molecule has 0 aromatic heterocycles. The van der Waals surface area contributed by atoms with Crippen LogP contribution in [0.15, 0.2) is 28.7 Å². The van der Waals surface area contributed by atoms with E-state index >= 15 is 0 Å². The molecule has 0 bridgehead atoms. The summed E-state index contributed by atoms with van der Waals surface area (Å²) < 4.78 is 42.5. The first-order valence-electron chi connectivity index (χ1n) is 5.46. The minimum Gasteiger partial charge on any atom is -0.494 e. The van der Waals surface area contributed by atoms with Gasteiger partial charge in [0.1, 0.15) is 5.75 Å². The Kier molecular flexibility index (Phi) is 6.49. The first kappa shape index (κ1) is 15.8. The van der Waals surface area contributed by atoms with Gasteiger partial charge in [0, 0.05) is 9.30 Å². The molecule has 0 aliphatic heterocycles. The van der Waals surface area contributed by atoms with E-state index in [9.17, 15) is 13.2 Å². The van der Waals surface area contributed by atoms with Crippen molar-refractivity contribution in [2.75, 3.05) is 6.61 Å². The summed E-state index contributed by atoms with van der Waals surface area (Å²) in [5, 5.41) is 0. The second kappa shape index (κ2) is 7.38. The molecule has 0 aliphatic carbocycles. The lowest BCUT2D eigenvalue weighted by atomic mass is 10.2. The predicted octanol–water partition coefficient (Wildman–Crippen LogP) is 5.32. The molecule has 0 heterocycles. The normalized spacial score (nSPS) is 13.4. The van der Waals surface area contributed by atoms with Crippen molar-refractivity contribution in [1.82, 2.24) is 0 Å². The molecule has 18 heavy (non-hydrogen) atoms. The molecule has 0 saturated carbocycles. The molecular weight excluding hydrogens is 377 g/mol. The molecular formula is C12H13Br2F3O. The fourth-order valence-electron chi connectivity index (χ4n) is 1.38. The number of hydrogen-bond acceptors (Lipinski definition) is 1. The van der Waals surface area contributed by atoms with Crippen LogP contribution >= 0.6 is 31.9 Å². The van der Waals surface area contributed by atoms with Gasteiger partial charge in [-0.2, -0.15) is 13.2 Å². The van der Waals surface area contributed by atoms with Gasteiger partial charge in [-0.1, -0.05) is 31.9 Å². The third-order valence-corrected chi connectivity index (χ3v) is 3.51. The highest BCUT2D eigenvalue weighted by atomic mass is 79.9. The van der Waals surface area contributed by atoms with Crippen molar-refractivity contribution in [3.63, 3.8) is 0 Å². The van der Waals surface area contributed by atoms with Crippen LogP contribution in [0, 0.1) is 0 Å². The Morgan fingerprint density at radius 3 is 2.33 bits per heavy atom. The first-order chi connectivity index (χ1) is 8.37. The monoisotopic (exact) mass is 388 g/mol. The van der Waals surface area contributed by atoms with Gasteiger partial charge >= 0.3 is 6.18 Å². The zero-order chi connectivity index (χ0) is 13.6. The first-order valence-corrected chi connectivity index (χ1v) is 7.17. The Balaban J connectivity index is 2.17. The van der Waals surface area contributed by atoms with E-state index < -0.39 is 17.4 Å². The lowest BCUT2D eigenvalue weighted by molar-refractivity contribution is -0.134. The summed E-state index contributed by atoms with van der Waals surface area (Å²) in [6.45, 7) is 0.418. The lowest BCUT2D eigenvalue weighted by Gasteiger charge is -2.12. The van der Waals surface area contributed by atoms with Gasteiger partial charge in [-0.25, -0.2) is 0 Å². The average molecular weight is 390 g/mol. The van der Waals surface area contributed by atoms with E-state index in [4.69, 9.17) is 4.74 Å². The van der Waals surface area contributed by atoms with Crippen LogP contribution in [-0.2, 0) is 0 Å². The van der Waals surface area contributed by atoms with Gasteiger partial charge in [-0.05, 0) is 37.1 Å². The molecule has 1 nitrogen and oxygen atoms in total. The van der Waals surface area contributed by atoms with Gasteiger partial charge in [0.15, 0.2) is 0 Å². The van der Waals surface area contributed by atoms with Crippen molar-refractivity contribution in [2.24, 2.45) is 0 Å². The fraction of sp³-hybridized carbons (Fsp3) is 0.500. The molecule has 0 N–H and O–H groups in total. The zero-order valence-corrected chi connectivity index (χ0v) is 12.7. The van der Waals surface area contributed by atoms with Crippen LogP contribution in [0.2, 0.25) is 0 Å². The van der Waals surface area contributed by atoms with Crippen molar-refractivity contribution in [3.8, 4) is 5.75 Å². The van der Waals surface area contributed by atoms with Crippen LogP contribution in [0.3, 0.4) is 0 Å². The number of rotatable bonds is 6. The molecule has 0 spiro atoms. The van der Waals surface area contributed by atoms with Crippen molar-refractivity contribution in [3.05, 3.63) is 28.7 Å². The predicted molar refractivity (Wildman–Crippen MR) is 72.3 cm³/mol. The second-order valence-corrected chi connectivity index (χ2v) is 6.07. The van der Waals surface area contributed by atoms with Crippen LogP contribution in [-0.4, -0.2) is 17.6 Å². The minimum absolute atomic E-state index is 0.418. The molecule has 0 amide bonds. The standard InChI is InChI=1S/C12H13Br2F3O/c13-9-3-5-11(6-4-9)18-7-1-2-10(14)8-12(15,16)17/h3-6,10H,1-2,7-8H2. The van der Waals surface area contributed by atoms with Gasteiger partial charge in [-0.3, -0.25) is 0 Å². The topological polar surface area (TPSA) is 9.23 Å². The van der Waals surface area contributed by atoms with E-state index in [0.29, 0.717) is 19.4 Å². The molecule has 0 saturated heterocycles. The summed E-state index contributed by atoms with van der Waals surface area (Å²) in [5.41, 5.74) is 0. The maximum absolute atomic E-state index is 12.1. The van der Waals surface area contributed by atoms with Crippen molar-refractivity contribution < 1.29 is 17.9 Å². The quantitative estimate of drug-likeness (QED) is 0.472. The Morgan fingerprint density at radius 2 is 1.78 bits per heavy atom. The molecule has 0 radical (unpaired) electrons. The SMILES string of the molecule is FC(F)(F)CC(Br)CCCOc1ccc(Br)cc1. The van der Waals surface area contributed by atoms with Crippen molar-refractivity contribution >= 4 is 31.9 Å². The molecule has 1 atom stereocenters. The van der Waals surface area contributed by atoms with E-state index in [1.165, 1.54) is 0 Å². The van der Waals surface area contributed by atoms with Gasteiger partial charge in [0.05, 0.1) is 13.0 Å². The lowest BCUT2D eigenvalue weighted by Crippen LogP contribution is -2.15. The summed E-state index contributed by atoms with van der Waals surface area (Å²) in [6.07, 6.45) is -3.88. The number of benzene rings is 1. The number of alkyl halides is 4. The van der Waals surface area contributed by atoms with E-state index in [0.717, 1.165) is 10.2 Å². The van der Waals surface area contributed by atoms with Gasteiger partial charge in [0.25, 0.3) is 0 Å². The smallest absolute Gasteiger partial charge is 0.390 e. The third-order valence-electron chi connectivity index (χ3n) is 2.20. The van der Waals surface area contributed by atoms with Crippen molar-refractivity contribution in [2.45, 2.75) is 30.3 Å². The van der Waals surface area contributed by atoms with Crippen LogP contribution in [0.25, 0.3) is 0 Å². The van der Waals surface area contributed by atoms with Crippen LogP contribution < -0.4 is 4.74 Å². The molecule has 6 heteroatoms. The molecule has 1 aromatic rings. The van der Waals surface area contributed by atoms with Gasteiger partial charge in [0.2, 0.25) is 0 Å². The number of ether oxygens (including phenoxy) is 1. The molecule has 1 unspecified atom stereocenters. The molecule has 0 fully saturated rings. The van der Waals surface area contributed by atoms with E-state index in [1.54, 1.807) is 0 Å². The van der Waals surface area contributed by atoms with Crippen LogP contribution in [0.5, 0.6) is 5.75 Å². The summed E-state index contributed by atoms with van der Waals surface area (Å²) in [6, 6.07) is 7.33. The summed E-state index contributed by atoms with van der Waals surface area (Å²) >= 11 is 6.33. The Morgan fingerprint density at radius 1 is 1.17 bits per heavy atom. The fourth-order valence-corrected chi connectivity index (χ4v) is 2.33. The molecule has 1 rings (SSSR count). The summed E-state index contributed by atoms with van der Waals surface area (Å²) in [4.78, 5) is -0.536.